The van der Waals surface area contributed by atoms with Gasteiger partial charge in [-0.1, -0.05) is 18.2 Å². The van der Waals surface area contributed by atoms with E-state index in [2.05, 4.69) is 16.8 Å². The molecule has 2 amide bonds. The number of amides is 2. The molecule has 1 saturated carbocycles. The number of nitrogens with one attached hydrogen (secondary N) is 1. The molecule has 1 aliphatic heterocycles. The van der Waals surface area contributed by atoms with Gasteiger partial charge in [-0.3, -0.25) is 14.5 Å². The van der Waals surface area contributed by atoms with Gasteiger partial charge in [-0.25, -0.2) is 0 Å². The smallest absolute Gasteiger partial charge is 0.311 e. The van der Waals surface area contributed by atoms with Gasteiger partial charge in [0, 0.05) is 43.8 Å². The standard InChI is InChI=1S/C12H18ClN3O2/c1-9(13)8-15-4-6-16(7-5-15)12(18)11(17)14-10-2-3-10/h10H,1-8H2,(H,14,17). The highest BCUT2D eigenvalue weighted by molar-refractivity contribution is 6.35. The molecule has 0 unspecified atom stereocenters. The number of piperazine rings is 1. The molecule has 0 aromatic rings. The Morgan fingerprint density at radius 3 is 2.33 bits per heavy atom. The lowest BCUT2D eigenvalue weighted by Crippen LogP contribution is -2.52. The molecule has 0 aromatic heterocycles. The van der Waals surface area contributed by atoms with Crippen molar-refractivity contribution in [3.05, 3.63) is 11.6 Å². The van der Waals surface area contributed by atoms with Crippen molar-refractivity contribution in [1.82, 2.24) is 15.1 Å². The topological polar surface area (TPSA) is 52.7 Å². The normalized spacial score (nSPS) is 20.6. The minimum atomic E-state index is -0.465. The summed E-state index contributed by atoms with van der Waals surface area (Å²) in [6.07, 6.45) is 1.98. The average Bonchev–Trinajstić information content (AvgIpc) is 3.12. The van der Waals surface area contributed by atoms with Crippen LogP contribution in [0.3, 0.4) is 0 Å². The highest BCUT2D eigenvalue weighted by Gasteiger charge is 2.30. The van der Waals surface area contributed by atoms with Crippen molar-refractivity contribution in [1.29, 1.82) is 0 Å². The van der Waals surface area contributed by atoms with Crippen LogP contribution in [-0.2, 0) is 9.59 Å². The summed E-state index contributed by atoms with van der Waals surface area (Å²) < 4.78 is 0. The Bertz CT molecular complexity index is 360. The molecular formula is C12H18ClN3O2. The molecule has 1 N–H and O–H groups in total. The first-order valence-electron chi connectivity index (χ1n) is 6.21. The summed E-state index contributed by atoms with van der Waals surface area (Å²) in [6.45, 7) is 6.89. The third-order valence-corrected chi connectivity index (χ3v) is 3.28. The van der Waals surface area contributed by atoms with E-state index in [1.807, 2.05) is 0 Å². The summed E-state index contributed by atoms with van der Waals surface area (Å²) in [5.41, 5.74) is 0. The second kappa shape index (κ2) is 5.71. The second-order valence-corrected chi connectivity index (χ2v) is 5.37. The first kappa shape index (κ1) is 13.4. The second-order valence-electron chi connectivity index (χ2n) is 4.83. The van der Waals surface area contributed by atoms with Crippen LogP contribution in [0.5, 0.6) is 0 Å². The zero-order valence-corrected chi connectivity index (χ0v) is 11.1. The van der Waals surface area contributed by atoms with Crippen molar-refractivity contribution < 1.29 is 9.59 Å². The van der Waals surface area contributed by atoms with E-state index in [-0.39, 0.29) is 6.04 Å². The summed E-state index contributed by atoms with van der Waals surface area (Å²) in [4.78, 5) is 27.2. The van der Waals surface area contributed by atoms with Crippen molar-refractivity contribution >= 4 is 23.4 Å². The zero-order chi connectivity index (χ0) is 13.1. The molecule has 1 heterocycles. The number of nitrogens with zero attached hydrogens (tertiary/aromatic N) is 2. The van der Waals surface area contributed by atoms with Crippen molar-refractivity contribution in [2.45, 2.75) is 18.9 Å². The fourth-order valence-electron chi connectivity index (χ4n) is 1.97. The Morgan fingerprint density at radius 2 is 1.83 bits per heavy atom. The maximum Gasteiger partial charge on any atom is 0.311 e. The van der Waals surface area contributed by atoms with Gasteiger partial charge in [0.15, 0.2) is 0 Å². The lowest BCUT2D eigenvalue weighted by Gasteiger charge is -2.34. The molecule has 0 radical (unpaired) electrons. The largest absolute Gasteiger partial charge is 0.345 e. The molecule has 0 spiro atoms. The van der Waals surface area contributed by atoms with E-state index < -0.39 is 11.8 Å². The quantitative estimate of drug-likeness (QED) is 0.744. The Kier molecular flexibility index (Phi) is 4.24. The van der Waals surface area contributed by atoms with Crippen LogP contribution in [-0.4, -0.2) is 60.4 Å². The van der Waals surface area contributed by atoms with Crippen LogP contribution >= 0.6 is 11.6 Å². The molecule has 0 atom stereocenters. The summed E-state index contributed by atoms with van der Waals surface area (Å²) in [5, 5.41) is 3.31. The summed E-state index contributed by atoms with van der Waals surface area (Å²) in [6, 6.07) is 0.224. The molecule has 100 valence electrons. The fourth-order valence-corrected chi connectivity index (χ4v) is 2.14. The molecule has 2 fully saturated rings. The molecule has 0 aromatic carbocycles. The Morgan fingerprint density at radius 1 is 1.22 bits per heavy atom. The van der Waals surface area contributed by atoms with Gasteiger partial charge in [0.05, 0.1) is 0 Å². The first-order chi connectivity index (χ1) is 8.56. The Labute approximate surface area is 112 Å². The molecule has 5 nitrogen and oxygen atoms in total. The van der Waals surface area contributed by atoms with E-state index in [0.29, 0.717) is 24.7 Å². The number of hydrogen-bond acceptors (Lipinski definition) is 3. The van der Waals surface area contributed by atoms with Crippen LogP contribution in [0.4, 0.5) is 0 Å². The predicted molar refractivity (Wildman–Crippen MR) is 69.2 cm³/mol. The fraction of sp³-hybridized carbons (Fsp3) is 0.667. The maximum atomic E-state index is 11.8. The van der Waals surface area contributed by atoms with Gasteiger partial charge in [-0.05, 0) is 12.8 Å². The lowest BCUT2D eigenvalue weighted by molar-refractivity contribution is -0.147. The number of rotatable bonds is 3. The maximum absolute atomic E-state index is 11.8. The van der Waals surface area contributed by atoms with Gasteiger partial charge in [0.1, 0.15) is 0 Å². The highest BCUT2D eigenvalue weighted by Crippen LogP contribution is 2.18. The van der Waals surface area contributed by atoms with Crippen molar-refractivity contribution in [2.75, 3.05) is 32.7 Å². The molecule has 2 rings (SSSR count). The summed E-state index contributed by atoms with van der Waals surface area (Å²) in [7, 11) is 0. The molecule has 1 saturated heterocycles. The van der Waals surface area contributed by atoms with Gasteiger partial charge in [-0.15, -0.1) is 0 Å². The third-order valence-electron chi connectivity index (χ3n) is 3.16. The van der Waals surface area contributed by atoms with Crippen LogP contribution < -0.4 is 5.32 Å². The van der Waals surface area contributed by atoms with Crippen molar-refractivity contribution in [3.63, 3.8) is 0 Å². The molecule has 18 heavy (non-hydrogen) atoms. The first-order valence-corrected chi connectivity index (χ1v) is 6.59. The van der Waals surface area contributed by atoms with Crippen LogP contribution in [0, 0.1) is 0 Å². The zero-order valence-electron chi connectivity index (χ0n) is 10.3. The molecule has 0 bridgehead atoms. The minimum Gasteiger partial charge on any atom is -0.345 e. The van der Waals surface area contributed by atoms with Crippen molar-refractivity contribution in [3.8, 4) is 0 Å². The number of carbonyl (C=O) groups excluding carboxylic acids is 2. The third kappa shape index (κ3) is 3.71. The monoisotopic (exact) mass is 271 g/mol. The van der Waals surface area contributed by atoms with Crippen LogP contribution in [0.15, 0.2) is 11.6 Å². The molecule has 2 aliphatic rings. The lowest BCUT2D eigenvalue weighted by atomic mass is 10.3. The SMILES string of the molecule is C=C(Cl)CN1CCN(C(=O)C(=O)NC2CC2)CC1. The van der Waals surface area contributed by atoms with Gasteiger partial charge in [-0.2, -0.15) is 0 Å². The van der Waals surface area contributed by atoms with Crippen LogP contribution in [0.1, 0.15) is 12.8 Å². The summed E-state index contributed by atoms with van der Waals surface area (Å²) in [5.74, 6) is -0.876. The summed E-state index contributed by atoms with van der Waals surface area (Å²) >= 11 is 5.74. The number of halogens is 1. The van der Waals surface area contributed by atoms with Gasteiger partial charge in [0.25, 0.3) is 0 Å². The Balaban J connectivity index is 1.75. The average molecular weight is 272 g/mol. The van der Waals surface area contributed by atoms with Crippen LogP contribution in [0.25, 0.3) is 0 Å². The van der Waals surface area contributed by atoms with Gasteiger partial charge < -0.3 is 10.2 Å². The van der Waals surface area contributed by atoms with E-state index in [0.717, 1.165) is 25.9 Å². The van der Waals surface area contributed by atoms with Crippen molar-refractivity contribution in [2.24, 2.45) is 0 Å². The van der Waals surface area contributed by atoms with E-state index >= 15 is 0 Å². The molecule has 6 heteroatoms. The number of hydrogen-bond donors (Lipinski definition) is 1. The van der Waals surface area contributed by atoms with E-state index in [1.165, 1.54) is 0 Å². The predicted octanol–water partition coefficient (Wildman–Crippen LogP) is 0.162. The number of carbonyl (C=O) groups is 2. The van der Waals surface area contributed by atoms with E-state index in [9.17, 15) is 9.59 Å². The molecule has 1 aliphatic carbocycles. The highest BCUT2D eigenvalue weighted by atomic mass is 35.5. The van der Waals surface area contributed by atoms with Crippen LogP contribution in [0.2, 0.25) is 0 Å². The van der Waals surface area contributed by atoms with Gasteiger partial charge >= 0.3 is 11.8 Å². The molecular weight excluding hydrogens is 254 g/mol. The minimum absolute atomic E-state index is 0.224. The van der Waals surface area contributed by atoms with E-state index in [1.54, 1.807) is 4.90 Å². The van der Waals surface area contributed by atoms with E-state index in [4.69, 9.17) is 11.6 Å². The Hall–Kier alpha value is -1.07. The van der Waals surface area contributed by atoms with Gasteiger partial charge in [0.2, 0.25) is 0 Å².